The molecule has 0 heterocycles. The first-order chi connectivity index (χ1) is 9.81. The third-order valence-corrected chi connectivity index (χ3v) is 7.22. The van der Waals surface area contributed by atoms with Gasteiger partial charge in [-0.05, 0) is 76.5 Å². The summed E-state index contributed by atoms with van der Waals surface area (Å²) >= 11 is 0. The van der Waals surface area contributed by atoms with Crippen LogP contribution in [0, 0.1) is 29.1 Å². The molecule has 1 nitrogen and oxygen atoms in total. The molecule has 0 aromatic rings. The minimum atomic E-state index is -0.341. The molecule has 0 bridgehead atoms. The lowest BCUT2D eigenvalue weighted by Gasteiger charge is -2.63. The standard InChI is InChI=1S/C20H32O/c1-13(2)7-6-8-14(3)16-10-11-19(5)18(16)17-15(4)9-12-20(17,19)21/h7-8,15-18,21H,6,9-12H2,1-5H3/b14-8-/t15-,16+,17+,18+,19+,20-/m1/s1. The van der Waals surface area contributed by atoms with Crippen LogP contribution >= 0.6 is 0 Å². The fourth-order valence-corrected chi connectivity index (χ4v) is 6.03. The third kappa shape index (κ3) is 2.00. The molecule has 0 aromatic heterocycles. The Morgan fingerprint density at radius 3 is 2.48 bits per heavy atom. The van der Waals surface area contributed by atoms with Gasteiger partial charge in [0.05, 0.1) is 5.60 Å². The van der Waals surface area contributed by atoms with Crippen molar-refractivity contribution in [1.82, 2.24) is 0 Å². The lowest BCUT2D eigenvalue weighted by atomic mass is 9.44. The minimum Gasteiger partial charge on any atom is -0.389 e. The number of fused-ring (bicyclic) bond motifs is 4. The zero-order chi connectivity index (χ0) is 15.4. The van der Waals surface area contributed by atoms with Crippen molar-refractivity contribution in [2.45, 2.75) is 72.3 Å². The average molecular weight is 288 g/mol. The van der Waals surface area contributed by atoms with E-state index in [1.165, 1.54) is 24.8 Å². The maximum Gasteiger partial charge on any atom is 0.0737 e. The molecule has 3 aliphatic carbocycles. The van der Waals surface area contributed by atoms with E-state index in [9.17, 15) is 5.11 Å². The maximum absolute atomic E-state index is 11.2. The van der Waals surface area contributed by atoms with Crippen molar-refractivity contribution in [2.75, 3.05) is 0 Å². The quantitative estimate of drug-likeness (QED) is 0.715. The van der Waals surface area contributed by atoms with Gasteiger partial charge in [0.15, 0.2) is 0 Å². The Kier molecular flexibility index (Phi) is 3.64. The van der Waals surface area contributed by atoms with Crippen molar-refractivity contribution in [2.24, 2.45) is 29.1 Å². The highest BCUT2D eigenvalue weighted by molar-refractivity contribution is 5.28. The first-order valence-electron chi connectivity index (χ1n) is 8.83. The molecule has 3 aliphatic rings. The summed E-state index contributed by atoms with van der Waals surface area (Å²) in [6.45, 7) is 11.4. The summed E-state index contributed by atoms with van der Waals surface area (Å²) in [6, 6.07) is 0. The molecule has 3 saturated carbocycles. The molecule has 6 atom stereocenters. The van der Waals surface area contributed by atoms with Crippen LogP contribution < -0.4 is 0 Å². The van der Waals surface area contributed by atoms with Crippen molar-refractivity contribution in [1.29, 1.82) is 0 Å². The zero-order valence-corrected chi connectivity index (χ0v) is 14.4. The van der Waals surface area contributed by atoms with Crippen LogP contribution in [0.15, 0.2) is 23.3 Å². The second-order valence-corrected chi connectivity index (χ2v) is 8.52. The van der Waals surface area contributed by atoms with Crippen LogP contribution in [0.1, 0.15) is 66.7 Å². The number of aliphatic hydroxyl groups is 1. The number of hydrogen-bond acceptors (Lipinski definition) is 1. The van der Waals surface area contributed by atoms with E-state index in [1.807, 2.05) is 0 Å². The Morgan fingerprint density at radius 1 is 1.10 bits per heavy atom. The van der Waals surface area contributed by atoms with Gasteiger partial charge in [-0.25, -0.2) is 0 Å². The van der Waals surface area contributed by atoms with Gasteiger partial charge in [0.25, 0.3) is 0 Å². The fourth-order valence-electron chi connectivity index (χ4n) is 6.03. The molecule has 21 heavy (non-hydrogen) atoms. The molecule has 0 amide bonds. The summed E-state index contributed by atoms with van der Waals surface area (Å²) < 4.78 is 0. The summed E-state index contributed by atoms with van der Waals surface area (Å²) in [5.74, 6) is 2.70. The van der Waals surface area contributed by atoms with E-state index in [-0.39, 0.29) is 11.0 Å². The van der Waals surface area contributed by atoms with E-state index < -0.39 is 0 Å². The first-order valence-corrected chi connectivity index (χ1v) is 8.83. The predicted octanol–water partition coefficient (Wildman–Crippen LogP) is 5.11. The average Bonchev–Trinajstić information content (AvgIpc) is 2.85. The first kappa shape index (κ1) is 15.3. The largest absolute Gasteiger partial charge is 0.389 e. The number of allylic oxidation sites excluding steroid dienone is 4. The Balaban J connectivity index is 1.80. The molecule has 3 rings (SSSR count). The molecule has 118 valence electrons. The molecular formula is C20H32O. The highest BCUT2D eigenvalue weighted by atomic mass is 16.3. The van der Waals surface area contributed by atoms with Crippen molar-refractivity contribution < 1.29 is 5.11 Å². The van der Waals surface area contributed by atoms with Crippen LogP contribution in [0.5, 0.6) is 0 Å². The van der Waals surface area contributed by atoms with Crippen molar-refractivity contribution in [3.8, 4) is 0 Å². The van der Waals surface area contributed by atoms with Gasteiger partial charge in [-0.2, -0.15) is 0 Å². The van der Waals surface area contributed by atoms with Gasteiger partial charge >= 0.3 is 0 Å². The van der Waals surface area contributed by atoms with Gasteiger partial charge in [-0.1, -0.05) is 37.1 Å². The fraction of sp³-hybridized carbons (Fsp3) is 0.800. The molecule has 0 aliphatic heterocycles. The zero-order valence-electron chi connectivity index (χ0n) is 14.4. The summed E-state index contributed by atoms with van der Waals surface area (Å²) in [5.41, 5.74) is 2.82. The smallest absolute Gasteiger partial charge is 0.0737 e. The van der Waals surface area contributed by atoms with E-state index >= 15 is 0 Å². The van der Waals surface area contributed by atoms with E-state index in [2.05, 4.69) is 46.8 Å². The molecule has 0 aromatic carbocycles. The second kappa shape index (κ2) is 4.98. The molecule has 1 heteroatoms. The number of hydrogen-bond donors (Lipinski definition) is 1. The highest BCUT2D eigenvalue weighted by Gasteiger charge is 2.75. The van der Waals surface area contributed by atoms with Gasteiger partial charge in [-0.3, -0.25) is 0 Å². The molecule has 0 saturated heterocycles. The summed E-state index contributed by atoms with van der Waals surface area (Å²) in [4.78, 5) is 0. The normalized spacial score (nSPS) is 48.6. The van der Waals surface area contributed by atoms with Crippen molar-refractivity contribution in [3.63, 3.8) is 0 Å². The van der Waals surface area contributed by atoms with Crippen molar-refractivity contribution >= 4 is 0 Å². The summed E-state index contributed by atoms with van der Waals surface area (Å²) in [7, 11) is 0. The van der Waals surface area contributed by atoms with Crippen LogP contribution in [-0.4, -0.2) is 10.7 Å². The van der Waals surface area contributed by atoms with Crippen LogP contribution in [-0.2, 0) is 0 Å². The molecule has 1 N–H and O–H groups in total. The van der Waals surface area contributed by atoms with Crippen LogP contribution in [0.4, 0.5) is 0 Å². The lowest BCUT2D eigenvalue weighted by Crippen LogP contribution is -2.67. The summed E-state index contributed by atoms with van der Waals surface area (Å²) in [5, 5.41) is 11.2. The van der Waals surface area contributed by atoms with Gasteiger partial charge in [0.2, 0.25) is 0 Å². The van der Waals surface area contributed by atoms with Gasteiger partial charge < -0.3 is 5.11 Å². The van der Waals surface area contributed by atoms with Gasteiger partial charge in [0, 0.05) is 5.41 Å². The minimum absolute atomic E-state index is 0.193. The Bertz CT molecular complexity index is 484. The van der Waals surface area contributed by atoms with E-state index in [0.717, 1.165) is 18.8 Å². The van der Waals surface area contributed by atoms with Gasteiger partial charge in [0.1, 0.15) is 0 Å². The topological polar surface area (TPSA) is 20.2 Å². The van der Waals surface area contributed by atoms with Crippen LogP contribution in [0.25, 0.3) is 0 Å². The SMILES string of the molecule is CC(C)=CC/C=C(/C)[C@@H]1CC[C@@]2(C)[C@@H]1[C@@H]1[C@H](C)CC[C@@]12O. The monoisotopic (exact) mass is 288 g/mol. The molecule has 0 spiro atoms. The predicted molar refractivity (Wildman–Crippen MR) is 89.0 cm³/mol. The van der Waals surface area contributed by atoms with Crippen molar-refractivity contribution in [3.05, 3.63) is 23.3 Å². The van der Waals surface area contributed by atoms with Gasteiger partial charge in [-0.15, -0.1) is 0 Å². The van der Waals surface area contributed by atoms with E-state index in [1.54, 1.807) is 5.57 Å². The Morgan fingerprint density at radius 2 is 1.81 bits per heavy atom. The third-order valence-electron chi connectivity index (χ3n) is 7.22. The van der Waals surface area contributed by atoms with E-state index in [0.29, 0.717) is 17.8 Å². The number of rotatable bonds is 3. The molecule has 0 unspecified atom stereocenters. The Hall–Kier alpha value is -0.560. The molecule has 3 fully saturated rings. The highest BCUT2D eigenvalue weighted by Crippen LogP contribution is 2.75. The maximum atomic E-state index is 11.2. The van der Waals surface area contributed by atoms with Crippen LogP contribution in [0.2, 0.25) is 0 Å². The van der Waals surface area contributed by atoms with Crippen LogP contribution in [0.3, 0.4) is 0 Å². The second-order valence-electron chi connectivity index (χ2n) is 8.52. The lowest BCUT2D eigenvalue weighted by molar-refractivity contribution is -0.241. The van der Waals surface area contributed by atoms with E-state index in [4.69, 9.17) is 0 Å². The molecular weight excluding hydrogens is 256 g/mol. The Labute approximate surface area is 130 Å². The summed E-state index contributed by atoms with van der Waals surface area (Å²) in [6.07, 6.45) is 10.6. The molecule has 0 radical (unpaired) electrons.